The molecule has 3 nitrogen and oxygen atoms in total. The van der Waals surface area contributed by atoms with E-state index in [-0.39, 0.29) is 0 Å². The summed E-state index contributed by atoms with van der Waals surface area (Å²) in [6.45, 7) is 0. The van der Waals surface area contributed by atoms with E-state index >= 15 is 0 Å². The first-order valence-electron chi connectivity index (χ1n) is 5.92. The zero-order valence-corrected chi connectivity index (χ0v) is 11.6. The van der Waals surface area contributed by atoms with Crippen molar-refractivity contribution in [1.29, 1.82) is 0 Å². The number of hydrogen-bond acceptors (Lipinski definition) is 3. The fraction of sp³-hybridized carbons (Fsp3) is 1.00. The summed E-state index contributed by atoms with van der Waals surface area (Å²) in [5.74, 6) is 0.851. The van der Waals surface area contributed by atoms with Gasteiger partial charge in [0.2, 0.25) is 0 Å². The monoisotopic (exact) mass is 250 g/mol. The van der Waals surface area contributed by atoms with Crippen molar-refractivity contribution in [3.63, 3.8) is 0 Å². The molecule has 0 aromatic heterocycles. The molecule has 0 N–H and O–H groups in total. The number of rotatable bonds is 5. The van der Waals surface area contributed by atoms with E-state index < -0.39 is 17.4 Å². The summed E-state index contributed by atoms with van der Waals surface area (Å²) in [5.41, 5.74) is 0. The Morgan fingerprint density at radius 2 is 1.93 bits per heavy atom. The summed E-state index contributed by atoms with van der Waals surface area (Å²) in [4.78, 5) is 0. The van der Waals surface area contributed by atoms with Gasteiger partial charge in [-0.15, -0.1) is 0 Å². The molecule has 0 spiro atoms. The van der Waals surface area contributed by atoms with Gasteiger partial charge < -0.3 is 0 Å². The summed E-state index contributed by atoms with van der Waals surface area (Å²) < 4.78 is 17.8. The van der Waals surface area contributed by atoms with E-state index in [9.17, 15) is 0 Å². The standard InChI is InChI=1S/C8H13O.2CH3O.CH3.Ti/c1-2-6-3-4-7-8(5-6)9-7;2*1-2;;/h6-8H,1-5H2;2*1H3;1H3;/q;2*-1;;+2. The third-order valence-electron chi connectivity index (χ3n) is 3.98. The minimum absolute atomic E-state index is 0.604. The Bertz CT molecular complexity index is 218. The van der Waals surface area contributed by atoms with Crippen molar-refractivity contribution in [1.82, 2.24) is 0 Å². The molecule has 1 heterocycles. The molecule has 1 aliphatic carbocycles. The predicted octanol–water partition coefficient (Wildman–Crippen LogP) is 2.69. The molecule has 2 aliphatic rings. The van der Waals surface area contributed by atoms with E-state index in [1.54, 1.807) is 14.2 Å². The van der Waals surface area contributed by atoms with Crippen LogP contribution in [-0.2, 0) is 28.7 Å². The summed E-state index contributed by atoms with van der Waals surface area (Å²) in [5, 5.41) is 2.19. The first-order valence-corrected chi connectivity index (χ1v) is 9.87. The Morgan fingerprint density at radius 3 is 2.53 bits per heavy atom. The molecule has 1 saturated carbocycles. The first kappa shape index (κ1) is 12.1. The van der Waals surface area contributed by atoms with Gasteiger partial charge in [0.05, 0.1) is 0 Å². The summed E-state index contributed by atoms with van der Waals surface area (Å²) >= 11 is -2.33. The van der Waals surface area contributed by atoms with Crippen molar-refractivity contribution >= 4 is 0 Å². The van der Waals surface area contributed by atoms with E-state index in [1.807, 2.05) is 0 Å². The van der Waals surface area contributed by atoms with E-state index in [4.69, 9.17) is 11.4 Å². The van der Waals surface area contributed by atoms with Crippen LogP contribution >= 0.6 is 0 Å². The molecular weight excluding hydrogens is 228 g/mol. The third-order valence-corrected chi connectivity index (χ3v) is 8.55. The van der Waals surface area contributed by atoms with Crippen LogP contribution in [0.1, 0.15) is 25.7 Å². The number of hydrogen-bond donors (Lipinski definition) is 0. The Morgan fingerprint density at radius 1 is 1.20 bits per heavy atom. The van der Waals surface area contributed by atoms with E-state index in [0.717, 1.165) is 10.6 Å². The normalized spacial score (nSPS) is 35.0. The van der Waals surface area contributed by atoms with Gasteiger partial charge in [-0.05, 0) is 0 Å². The van der Waals surface area contributed by atoms with E-state index in [0.29, 0.717) is 12.2 Å². The van der Waals surface area contributed by atoms with Gasteiger partial charge in [-0.25, -0.2) is 0 Å². The van der Waals surface area contributed by atoms with Crippen molar-refractivity contribution in [2.75, 3.05) is 14.2 Å². The molecule has 15 heavy (non-hydrogen) atoms. The second kappa shape index (κ2) is 4.84. The number of fused-ring (bicyclic) bond motifs is 1. The van der Waals surface area contributed by atoms with Crippen molar-refractivity contribution in [3.05, 3.63) is 0 Å². The fourth-order valence-electron chi connectivity index (χ4n) is 2.50. The Hall–Kier alpha value is 0.594. The SMILES string of the molecule is C[O][Ti]([CH3])([CH2]CC1CCC2OC2C1)[O]C. The summed E-state index contributed by atoms with van der Waals surface area (Å²) in [7, 11) is 3.59. The maximum absolute atomic E-state index is 5.55. The van der Waals surface area contributed by atoms with Crippen LogP contribution in [0.2, 0.25) is 9.95 Å². The molecule has 1 saturated heterocycles. The number of ether oxygens (including phenoxy) is 1. The van der Waals surface area contributed by atoms with Crippen LogP contribution < -0.4 is 0 Å². The molecule has 3 unspecified atom stereocenters. The van der Waals surface area contributed by atoms with Gasteiger partial charge in [0.15, 0.2) is 0 Å². The van der Waals surface area contributed by atoms with Gasteiger partial charge in [0.25, 0.3) is 0 Å². The van der Waals surface area contributed by atoms with Crippen LogP contribution in [0.5, 0.6) is 0 Å². The van der Waals surface area contributed by atoms with Crippen LogP contribution in [-0.4, -0.2) is 26.4 Å². The molecule has 2 fully saturated rings. The minimum atomic E-state index is -2.33. The van der Waals surface area contributed by atoms with Gasteiger partial charge in [-0.3, -0.25) is 0 Å². The second-order valence-corrected chi connectivity index (χ2v) is 10.6. The van der Waals surface area contributed by atoms with Gasteiger partial charge in [-0.2, -0.15) is 0 Å². The molecule has 0 bridgehead atoms. The average Bonchev–Trinajstić information content (AvgIpc) is 3.04. The topological polar surface area (TPSA) is 31.0 Å². The number of epoxide rings is 1. The van der Waals surface area contributed by atoms with Gasteiger partial charge in [-0.1, -0.05) is 0 Å². The Kier molecular flexibility index (Phi) is 3.90. The van der Waals surface area contributed by atoms with Crippen molar-refractivity contribution in [2.24, 2.45) is 5.92 Å². The van der Waals surface area contributed by atoms with Crippen LogP contribution in [0.3, 0.4) is 0 Å². The van der Waals surface area contributed by atoms with E-state index in [1.165, 1.54) is 25.7 Å². The molecule has 4 heteroatoms. The molecule has 2 rings (SSSR count). The van der Waals surface area contributed by atoms with Crippen LogP contribution in [0, 0.1) is 5.92 Å². The molecule has 3 atom stereocenters. The molecular formula is C11H22O3Ti. The molecule has 1 aliphatic heterocycles. The second-order valence-electron chi connectivity index (χ2n) is 4.97. The summed E-state index contributed by atoms with van der Waals surface area (Å²) in [6.07, 6.45) is 6.39. The molecule has 0 aromatic rings. The van der Waals surface area contributed by atoms with Gasteiger partial charge in [0.1, 0.15) is 0 Å². The predicted molar refractivity (Wildman–Crippen MR) is 55.3 cm³/mol. The third kappa shape index (κ3) is 3.04. The first-order chi connectivity index (χ1) is 7.17. The van der Waals surface area contributed by atoms with E-state index in [2.05, 4.69) is 5.23 Å². The van der Waals surface area contributed by atoms with Gasteiger partial charge >= 0.3 is 96.7 Å². The quantitative estimate of drug-likeness (QED) is 0.555. The molecule has 88 valence electrons. The maximum atomic E-state index is 5.55. The van der Waals surface area contributed by atoms with Crippen LogP contribution in [0.4, 0.5) is 0 Å². The zero-order valence-electron chi connectivity index (χ0n) is 9.99. The summed E-state index contributed by atoms with van der Waals surface area (Å²) in [6, 6.07) is 0. The van der Waals surface area contributed by atoms with Crippen molar-refractivity contribution in [3.8, 4) is 0 Å². The Balaban J connectivity index is 1.72. The zero-order chi connectivity index (χ0) is 10.9. The Labute approximate surface area is 96.8 Å². The van der Waals surface area contributed by atoms with Crippen LogP contribution in [0.25, 0.3) is 0 Å². The average molecular weight is 250 g/mol. The molecule has 0 aromatic carbocycles. The molecule has 0 radical (unpaired) electrons. The van der Waals surface area contributed by atoms with Crippen molar-refractivity contribution < 1.29 is 28.7 Å². The van der Waals surface area contributed by atoms with Crippen LogP contribution in [0.15, 0.2) is 0 Å². The molecule has 0 amide bonds. The van der Waals surface area contributed by atoms with Crippen molar-refractivity contribution in [2.45, 2.75) is 47.8 Å². The fourth-order valence-corrected chi connectivity index (χ4v) is 4.86. The van der Waals surface area contributed by atoms with Gasteiger partial charge in [0, 0.05) is 0 Å².